The molecule has 1 aliphatic rings. The van der Waals surface area contributed by atoms with Gasteiger partial charge in [0.15, 0.2) is 5.69 Å². The van der Waals surface area contributed by atoms with E-state index in [1.54, 1.807) is 0 Å². The van der Waals surface area contributed by atoms with Crippen molar-refractivity contribution in [2.45, 2.75) is 32.9 Å². The Hall–Kier alpha value is -1.49. The number of hydrogen-bond donors (Lipinski definition) is 1. The van der Waals surface area contributed by atoms with Crippen molar-refractivity contribution >= 4 is 5.97 Å². The summed E-state index contributed by atoms with van der Waals surface area (Å²) in [6.45, 7) is 5.85. The molecular weight excluding hydrogens is 206 g/mol. The van der Waals surface area contributed by atoms with Gasteiger partial charge in [0.1, 0.15) is 6.33 Å². The van der Waals surface area contributed by atoms with E-state index in [-0.39, 0.29) is 5.69 Å². The fraction of sp³-hybridized carbons (Fsp3) is 0.545. The Morgan fingerprint density at radius 1 is 1.50 bits per heavy atom. The predicted molar refractivity (Wildman–Crippen MR) is 58.2 cm³/mol. The average molecular weight is 221 g/mol. The first-order chi connectivity index (χ1) is 7.59. The largest absolute Gasteiger partial charge is 0.477 e. The van der Waals surface area contributed by atoms with Crippen LogP contribution in [0.2, 0.25) is 0 Å². The van der Waals surface area contributed by atoms with Crippen LogP contribution in [0.5, 0.6) is 0 Å². The van der Waals surface area contributed by atoms with Crippen molar-refractivity contribution in [2.75, 3.05) is 6.54 Å². The van der Waals surface area contributed by atoms with Crippen LogP contribution < -0.4 is 0 Å². The van der Waals surface area contributed by atoms with Gasteiger partial charge in [0.25, 0.3) is 0 Å². The quantitative estimate of drug-likeness (QED) is 0.805. The molecule has 0 aromatic carbocycles. The van der Waals surface area contributed by atoms with Gasteiger partial charge in [-0.25, -0.2) is 14.8 Å². The number of carboxylic acid groups (broad SMARTS) is 1. The molecule has 0 amide bonds. The summed E-state index contributed by atoms with van der Waals surface area (Å²) in [7, 11) is 0. The second-order valence-electron chi connectivity index (χ2n) is 4.27. The minimum atomic E-state index is -0.961. The van der Waals surface area contributed by atoms with Gasteiger partial charge >= 0.3 is 5.97 Å². The number of carboxylic acids is 1. The van der Waals surface area contributed by atoms with Gasteiger partial charge in [-0.3, -0.25) is 4.90 Å². The van der Waals surface area contributed by atoms with Gasteiger partial charge in [-0.1, -0.05) is 0 Å². The van der Waals surface area contributed by atoms with Crippen LogP contribution in [0.3, 0.4) is 0 Å². The summed E-state index contributed by atoms with van der Waals surface area (Å²) < 4.78 is 0. The van der Waals surface area contributed by atoms with E-state index in [1.165, 1.54) is 6.33 Å². The van der Waals surface area contributed by atoms with E-state index in [9.17, 15) is 4.79 Å². The fourth-order valence-electron chi connectivity index (χ4n) is 2.00. The lowest BCUT2D eigenvalue weighted by molar-refractivity contribution is 0.0687. The zero-order chi connectivity index (χ0) is 11.7. The molecule has 0 fully saturated rings. The smallest absolute Gasteiger partial charge is 0.354 e. The molecule has 0 saturated heterocycles. The van der Waals surface area contributed by atoms with Gasteiger partial charge in [-0.2, -0.15) is 0 Å². The third kappa shape index (κ3) is 1.90. The van der Waals surface area contributed by atoms with Crippen molar-refractivity contribution < 1.29 is 9.90 Å². The Labute approximate surface area is 94.1 Å². The molecule has 0 spiro atoms. The van der Waals surface area contributed by atoms with Crippen LogP contribution in [0.15, 0.2) is 6.33 Å². The van der Waals surface area contributed by atoms with E-state index >= 15 is 0 Å². The molecule has 0 atom stereocenters. The minimum Gasteiger partial charge on any atom is -0.477 e. The van der Waals surface area contributed by atoms with E-state index in [4.69, 9.17) is 5.11 Å². The third-order valence-corrected chi connectivity index (χ3v) is 2.97. The molecule has 0 aliphatic carbocycles. The SMILES string of the molecule is CC(C)N1CCc2c(ncnc2C(=O)O)C1. The highest BCUT2D eigenvalue weighted by Gasteiger charge is 2.24. The second-order valence-corrected chi connectivity index (χ2v) is 4.27. The molecule has 0 unspecified atom stereocenters. The highest BCUT2D eigenvalue weighted by Crippen LogP contribution is 2.20. The first-order valence-corrected chi connectivity index (χ1v) is 5.39. The lowest BCUT2D eigenvalue weighted by Gasteiger charge is -2.31. The number of hydrogen-bond acceptors (Lipinski definition) is 4. The van der Waals surface area contributed by atoms with Crippen molar-refractivity contribution in [3.05, 3.63) is 23.3 Å². The Morgan fingerprint density at radius 2 is 2.25 bits per heavy atom. The molecular formula is C11H15N3O2. The lowest BCUT2D eigenvalue weighted by atomic mass is 10.0. The van der Waals surface area contributed by atoms with E-state index in [1.807, 2.05) is 0 Å². The summed E-state index contributed by atoms with van der Waals surface area (Å²) >= 11 is 0. The molecule has 0 radical (unpaired) electrons. The first-order valence-electron chi connectivity index (χ1n) is 5.39. The van der Waals surface area contributed by atoms with Crippen LogP contribution >= 0.6 is 0 Å². The van der Waals surface area contributed by atoms with Crippen molar-refractivity contribution in [1.29, 1.82) is 0 Å². The zero-order valence-corrected chi connectivity index (χ0v) is 9.47. The summed E-state index contributed by atoms with van der Waals surface area (Å²) in [6, 6.07) is 0.455. The average Bonchev–Trinajstić information content (AvgIpc) is 2.27. The van der Waals surface area contributed by atoms with Gasteiger partial charge < -0.3 is 5.11 Å². The van der Waals surface area contributed by atoms with Crippen LogP contribution in [0, 0.1) is 0 Å². The van der Waals surface area contributed by atoms with E-state index in [0.29, 0.717) is 6.04 Å². The molecule has 0 saturated carbocycles. The predicted octanol–water partition coefficient (Wildman–Crippen LogP) is 0.941. The van der Waals surface area contributed by atoms with Crippen LogP contribution in [-0.2, 0) is 13.0 Å². The summed E-state index contributed by atoms with van der Waals surface area (Å²) in [4.78, 5) is 21.3. The fourth-order valence-corrected chi connectivity index (χ4v) is 2.00. The van der Waals surface area contributed by atoms with Gasteiger partial charge in [0, 0.05) is 24.7 Å². The Kier molecular flexibility index (Phi) is 2.87. The third-order valence-electron chi connectivity index (χ3n) is 2.97. The minimum absolute atomic E-state index is 0.161. The molecule has 16 heavy (non-hydrogen) atoms. The van der Waals surface area contributed by atoms with Gasteiger partial charge in [0.05, 0.1) is 5.69 Å². The number of carbonyl (C=O) groups is 1. The molecule has 86 valence electrons. The molecule has 2 rings (SSSR count). The topological polar surface area (TPSA) is 66.3 Å². The van der Waals surface area contributed by atoms with Crippen molar-refractivity contribution in [3.8, 4) is 0 Å². The number of rotatable bonds is 2. The zero-order valence-electron chi connectivity index (χ0n) is 9.47. The summed E-state index contributed by atoms with van der Waals surface area (Å²) in [6.07, 6.45) is 2.06. The Bertz CT molecular complexity index is 418. The van der Waals surface area contributed by atoms with Crippen LogP contribution in [-0.4, -0.2) is 38.5 Å². The second kappa shape index (κ2) is 4.17. The Morgan fingerprint density at radius 3 is 2.88 bits per heavy atom. The molecule has 1 aliphatic heterocycles. The Balaban J connectivity index is 2.34. The van der Waals surface area contributed by atoms with Crippen LogP contribution in [0.4, 0.5) is 0 Å². The highest BCUT2D eigenvalue weighted by molar-refractivity contribution is 5.87. The molecule has 5 heteroatoms. The number of aromatic nitrogens is 2. The van der Waals surface area contributed by atoms with Gasteiger partial charge in [-0.05, 0) is 20.3 Å². The molecule has 1 aromatic heterocycles. The summed E-state index contributed by atoms with van der Waals surface area (Å²) in [5.74, 6) is -0.961. The van der Waals surface area contributed by atoms with Crippen LogP contribution in [0.25, 0.3) is 0 Å². The maximum Gasteiger partial charge on any atom is 0.354 e. The van der Waals surface area contributed by atoms with Gasteiger partial charge in [0.2, 0.25) is 0 Å². The van der Waals surface area contributed by atoms with Crippen molar-refractivity contribution in [2.24, 2.45) is 0 Å². The standard InChI is InChI=1S/C11H15N3O2/c1-7(2)14-4-3-8-9(5-14)12-6-13-10(8)11(15)16/h6-7H,3-5H2,1-2H3,(H,15,16). The number of aromatic carboxylic acids is 1. The number of fused-ring (bicyclic) bond motifs is 1. The molecule has 0 bridgehead atoms. The maximum atomic E-state index is 11.0. The van der Waals surface area contributed by atoms with E-state index < -0.39 is 5.97 Å². The molecule has 2 heterocycles. The summed E-state index contributed by atoms with van der Waals surface area (Å²) in [5.41, 5.74) is 1.81. The molecule has 5 nitrogen and oxygen atoms in total. The van der Waals surface area contributed by atoms with Crippen molar-refractivity contribution in [3.63, 3.8) is 0 Å². The molecule has 1 aromatic rings. The van der Waals surface area contributed by atoms with E-state index in [0.717, 1.165) is 30.8 Å². The first kappa shape index (κ1) is 11.0. The lowest BCUT2D eigenvalue weighted by Crippen LogP contribution is -2.37. The van der Waals surface area contributed by atoms with E-state index in [2.05, 4.69) is 28.7 Å². The monoisotopic (exact) mass is 221 g/mol. The maximum absolute atomic E-state index is 11.0. The normalized spacial score (nSPS) is 16.2. The number of nitrogens with zero attached hydrogens (tertiary/aromatic N) is 3. The van der Waals surface area contributed by atoms with Crippen LogP contribution in [0.1, 0.15) is 35.6 Å². The molecule has 1 N–H and O–H groups in total. The summed E-state index contributed by atoms with van der Waals surface area (Å²) in [5, 5.41) is 9.01. The van der Waals surface area contributed by atoms with Crippen molar-refractivity contribution in [1.82, 2.24) is 14.9 Å². The van der Waals surface area contributed by atoms with Gasteiger partial charge in [-0.15, -0.1) is 0 Å². The highest BCUT2D eigenvalue weighted by atomic mass is 16.4.